The van der Waals surface area contributed by atoms with Crippen LogP contribution in [-0.2, 0) is 14.4 Å². The molecule has 0 bridgehead atoms. The number of aryl methyl sites for hydroxylation is 1. The number of hydrogen-bond acceptors (Lipinski definition) is 3. The summed E-state index contributed by atoms with van der Waals surface area (Å²) in [7, 11) is 0. The van der Waals surface area contributed by atoms with Crippen LogP contribution in [0.4, 0.5) is 5.69 Å². The second-order valence-electron chi connectivity index (χ2n) is 9.78. The van der Waals surface area contributed by atoms with Crippen molar-refractivity contribution >= 4 is 23.4 Å². The van der Waals surface area contributed by atoms with E-state index in [-0.39, 0.29) is 17.7 Å². The first-order valence-corrected chi connectivity index (χ1v) is 11.8. The molecule has 7 nitrogen and oxygen atoms in total. The lowest BCUT2D eigenvalue weighted by Gasteiger charge is -2.33. The topological polar surface area (TPSA) is 75.4 Å². The van der Waals surface area contributed by atoms with Crippen molar-refractivity contribution in [3.8, 4) is 0 Å². The highest BCUT2D eigenvalue weighted by Crippen LogP contribution is 2.44. The fourth-order valence-electron chi connectivity index (χ4n) is 5.46. The Labute approximate surface area is 184 Å². The number of nitrogens with zero attached hydrogens (tertiary/aromatic N) is 1. The number of quaternary nitrogens is 2. The van der Waals surface area contributed by atoms with E-state index in [9.17, 15) is 14.4 Å². The maximum absolute atomic E-state index is 13.0. The number of carbonyl (C=O) groups excluding carboxylic acids is 3. The van der Waals surface area contributed by atoms with E-state index in [1.54, 1.807) is 4.90 Å². The van der Waals surface area contributed by atoms with Crippen molar-refractivity contribution in [2.45, 2.75) is 52.4 Å². The molecule has 2 heterocycles. The van der Waals surface area contributed by atoms with E-state index in [0.29, 0.717) is 19.6 Å². The number of anilines is 1. The molecule has 3 fully saturated rings. The summed E-state index contributed by atoms with van der Waals surface area (Å²) in [5.74, 6) is 0.130. The van der Waals surface area contributed by atoms with E-state index in [1.165, 1.54) is 21.8 Å². The Morgan fingerprint density at radius 1 is 1.03 bits per heavy atom. The lowest BCUT2D eigenvalue weighted by molar-refractivity contribution is -1.01. The van der Waals surface area contributed by atoms with Crippen LogP contribution >= 0.6 is 0 Å². The molecule has 0 aromatic heterocycles. The van der Waals surface area contributed by atoms with Crippen LogP contribution in [0.15, 0.2) is 18.2 Å². The first-order chi connectivity index (χ1) is 14.9. The minimum Gasteiger partial charge on any atom is -0.321 e. The Balaban J connectivity index is 1.25. The number of rotatable bonds is 5. The van der Waals surface area contributed by atoms with E-state index in [4.69, 9.17) is 0 Å². The van der Waals surface area contributed by atoms with Crippen LogP contribution in [0, 0.1) is 19.3 Å². The lowest BCUT2D eigenvalue weighted by Crippen LogP contribution is -3.29. The van der Waals surface area contributed by atoms with Crippen molar-refractivity contribution in [3.05, 3.63) is 29.3 Å². The number of carbonyl (C=O) groups is 3. The van der Waals surface area contributed by atoms with Gasteiger partial charge in [-0.2, -0.15) is 0 Å². The summed E-state index contributed by atoms with van der Waals surface area (Å²) in [6.45, 7) is 8.50. The molecule has 1 aromatic rings. The van der Waals surface area contributed by atoms with Gasteiger partial charge in [0.05, 0.1) is 5.41 Å². The third-order valence-corrected chi connectivity index (χ3v) is 7.64. The second kappa shape index (κ2) is 9.09. The molecule has 2 aliphatic heterocycles. The standard InChI is InChI=1S/C24H34N4O3/c1-18-7-6-8-20(19(18)2)25-21(29)16-26-11-13-27(14-12-26)17-28-22(30)15-24(23(28)31)9-4-3-5-10-24/h6-8H,3-5,9-17H2,1-2H3,(H,25,29)/p+2. The molecule has 3 N–H and O–H groups in total. The molecular weight excluding hydrogens is 392 g/mol. The van der Waals surface area contributed by atoms with E-state index in [1.807, 2.05) is 32.0 Å². The summed E-state index contributed by atoms with van der Waals surface area (Å²) in [5, 5.41) is 3.05. The van der Waals surface area contributed by atoms with Crippen LogP contribution in [0.1, 0.15) is 49.7 Å². The van der Waals surface area contributed by atoms with E-state index < -0.39 is 5.41 Å². The molecule has 0 atom stereocenters. The zero-order chi connectivity index (χ0) is 22.0. The second-order valence-corrected chi connectivity index (χ2v) is 9.78. The number of likely N-dealkylation sites (tertiary alicyclic amines) is 1. The summed E-state index contributed by atoms with van der Waals surface area (Å²) < 4.78 is 0. The van der Waals surface area contributed by atoms with Gasteiger partial charge >= 0.3 is 0 Å². The van der Waals surface area contributed by atoms with Crippen molar-refractivity contribution in [1.82, 2.24) is 4.90 Å². The van der Waals surface area contributed by atoms with Gasteiger partial charge in [0.1, 0.15) is 26.2 Å². The largest absolute Gasteiger partial charge is 0.321 e. The highest BCUT2D eigenvalue weighted by atomic mass is 16.2. The summed E-state index contributed by atoms with van der Waals surface area (Å²) in [5.41, 5.74) is 2.77. The predicted octanol–water partition coefficient (Wildman–Crippen LogP) is -0.308. The molecule has 3 aliphatic rings. The molecular formula is C24H36N4O3+2. The van der Waals surface area contributed by atoms with Gasteiger partial charge in [0.15, 0.2) is 13.2 Å². The third-order valence-electron chi connectivity index (χ3n) is 7.64. The molecule has 1 saturated carbocycles. The molecule has 2 saturated heterocycles. The molecule has 1 aromatic carbocycles. The Hall–Kier alpha value is -2.25. The summed E-state index contributed by atoms with van der Waals surface area (Å²) in [6.07, 6.45) is 5.46. The van der Waals surface area contributed by atoms with Gasteiger partial charge in [-0.3, -0.25) is 14.4 Å². The van der Waals surface area contributed by atoms with Gasteiger partial charge in [0.2, 0.25) is 11.8 Å². The molecule has 31 heavy (non-hydrogen) atoms. The fourth-order valence-corrected chi connectivity index (χ4v) is 5.46. The number of hydrogen-bond donors (Lipinski definition) is 3. The van der Waals surface area contributed by atoms with Crippen molar-refractivity contribution in [3.63, 3.8) is 0 Å². The summed E-state index contributed by atoms with van der Waals surface area (Å²) in [6, 6.07) is 5.95. The molecule has 1 spiro atoms. The maximum Gasteiger partial charge on any atom is 0.279 e. The molecule has 7 heteroatoms. The zero-order valence-electron chi connectivity index (χ0n) is 18.9. The highest BCUT2D eigenvalue weighted by Gasteiger charge is 2.52. The maximum atomic E-state index is 13.0. The monoisotopic (exact) mass is 428 g/mol. The average molecular weight is 429 g/mol. The number of benzene rings is 1. The minimum atomic E-state index is -0.395. The minimum absolute atomic E-state index is 0.0158. The normalized spacial score (nSPS) is 25.8. The van der Waals surface area contributed by atoms with E-state index >= 15 is 0 Å². The molecule has 0 unspecified atom stereocenters. The third kappa shape index (κ3) is 4.67. The van der Waals surface area contributed by atoms with Crippen LogP contribution < -0.4 is 15.1 Å². The highest BCUT2D eigenvalue weighted by molar-refractivity contribution is 6.05. The zero-order valence-corrected chi connectivity index (χ0v) is 18.9. The van der Waals surface area contributed by atoms with Gasteiger partial charge in [-0.25, -0.2) is 4.90 Å². The number of piperazine rings is 1. The van der Waals surface area contributed by atoms with Gasteiger partial charge in [0, 0.05) is 12.1 Å². The number of nitrogens with one attached hydrogen (secondary N) is 3. The average Bonchev–Trinajstić information content (AvgIpc) is 2.97. The van der Waals surface area contributed by atoms with Gasteiger partial charge in [0.25, 0.3) is 5.91 Å². The van der Waals surface area contributed by atoms with E-state index in [0.717, 1.165) is 63.1 Å². The molecule has 4 rings (SSSR count). The van der Waals surface area contributed by atoms with Crippen LogP contribution in [0.5, 0.6) is 0 Å². The molecule has 168 valence electrons. The lowest BCUT2D eigenvalue weighted by atomic mass is 9.73. The Morgan fingerprint density at radius 2 is 1.71 bits per heavy atom. The van der Waals surface area contributed by atoms with Gasteiger partial charge in [-0.1, -0.05) is 31.4 Å². The van der Waals surface area contributed by atoms with E-state index in [2.05, 4.69) is 5.32 Å². The summed E-state index contributed by atoms with van der Waals surface area (Å²) >= 11 is 0. The van der Waals surface area contributed by atoms with Crippen LogP contribution in [0.2, 0.25) is 0 Å². The Kier molecular flexibility index (Phi) is 6.44. The quantitative estimate of drug-likeness (QED) is 0.564. The Morgan fingerprint density at radius 3 is 2.42 bits per heavy atom. The van der Waals surface area contributed by atoms with Crippen molar-refractivity contribution in [1.29, 1.82) is 0 Å². The van der Waals surface area contributed by atoms with Crippen LogP contribution in [-0.4, -0.2) is 62.0 Å². The summed E-state index contributed by atoms with van der Waals surface area (Å²) in [4.78, 5) is 42.2. The van der Waals surface area contributed by atoms with Crippen molar-refractivity contribution < 1.29 is 24.2 Å². The van der Waals surface area contributed by atoms with Gasteiger partial charge in [-0.15, -0.1) is 0 Å². The van der Waals surface area contributed by atoms with Crippen LogP contribution in [0.25, 0.3) is 0 Å². The number of imide groups is 1. The predicted molar refractivity (Wildman–Crippen MR) is 118 cm³/mol. The Bertz CT molecular complexity index is 854. The van der Waals surface area contributed by atoms with Gasteiger partial charge in [-0.05, 0) is 43.9 Å². The SMILES string of the molecule is Cc1cccc(NC(=O)C[NH+]2CC[NH+](CN3C(=O)CC4(CCCCC4)C3=O)CC2)c1C. The number of amides is 3. The molecule has 0 radical (unpaired) electrons. The van der Waals surface area contributed by atoms with Crippen molar-refractivity contribution in [2.24, 2.45) is 5.41 Å². The first kappa shape index (κ1) is 22.0. The molecule has 3 amide bonds. The molecule has 1 aliphatic carbocycles. The first-order valence-electron chi connectivity index (χ1n) is 11.8. The fraction of sp³-hybridized carbons (Fsp3) is 0.625. The van der Waals surface area contributed by atoms with Crippen LogP contribution in [0.3, 0.4) is 0 Å². The smallest absolute Gasteiger partial charge is 0.279 e. The van der Waals surface area contributed by atoms with Crippen molar-refractivity contribution in [2.75, 3.05) is 44.7 Å². The van der Waals surface area contributed by atoms with Gasteiger partial charge < -0.3 is 15.1 Å².